The molecule has 0 saturated heterocycles. The first-order chi connectivity index (χ1) is 9.63. The summed E-state index contributed by atoms with van der Waals surface area (Å²) in [4.78, 5) is 16.0. The van der Waals surface area contributed by atoms with Crippen molar-refractivity contribution in [3.63, 3.8) is 0 Å². The average molecular weight is 273 g/mol. The molecule has 1 amide bonds. The molecular formula is C14H15N3O3. The van der Waals surface area contributed by atoms with E-state index in [1.165, 1.54) is 20.4 Å². The maximum absolute atomic E-state index is 12.1. The molecule has 104 valence electrons. The lowest BCUT2D eigenvalue weighted by Gasteiger charge is -2.10. The van der Waals surface area contributed by atoms with Gasteiger partial charge in [0, 0.05) is 5.56 Å². The lowest BCUT2D eigenvalue weighted by atomic mass is 10.2. The molecule has 3 N–H and O–H groups in total. The molecule has 0 radical (unpaired) electrons. The summed E-state index contributed by atoms with van der Waals surface area (Å²) in [7, 11) is 3.06. The first kappa shape index (κ1) is 13.7. The summed E-state index contributed by atoms with van der Waals surface area (Å²) in [6.07, 6.45) is 1.49. The van der Waals surface area contributed by atoms with Crippen LogP contribution in [0.2, 0.25) is 0 Å². The molecule has 0 atom stereocenters. The number of ether oxygens (including phenoxy) is 2. The van der Waals surface area contributed by atoms with Gasteiger partial charge in [-0.25, -0.2) is 4.98 Å². The zero-order valence-corrected chi connectivity index (χ0v) is 11.2. The minimum absolute atomic E-state index is 0.266. The summed E-state index contributed by atoms with van der Waals surface area (Å²) >= 11 is 0. The van der Waals surface area contributed by atoms with Gasteiger partial charge in [-0.2, -0.15) is 0 Å². The molecule has 0 saturated carbocycles. The van der Waals surface area contributed by atoms with Gasteiger partial charge in [0.25, 0.3) is 5.91 Å². The van der Waals surface area contributed by atoms with Crippen LogP contribution in [0.1, 0.15) is 10.4 Å². The van der Waals surface area contributed by atoms with E-state index in [0.29, 0.717) is 28.6 Å². The van der Waals surface area contributed by atoms with Gasteiger partial charge in [0.1, 0.15) is 5.82 Å². The number of hydrogen-bond donors (Lipinski definition) is 2. The number of rotatable bonds is 4. The number of carbonyl (C=O) groups is 1. The number of carbonyl (C=O) groups excluding carboxylic acids is 1. The van der Waals surface area contributed by atoms with Crippen LogP contribution < -0.4 is 20.5 Å². The fourth-order valence-electron chi connectivity index (χ4n) is 1.66. The van der Waals surface area contributed by atoms with E-state index in [4.69, 9.17) is 15.2 Å². The Morgan fingerprint density at radius 2 is 1.90 bits per heavy atom. The van der Waals surface area contributed by atoms with Gasteiger partial charge in [-0.3, -0.25) is 4.79 Å². The smallest absolute Gasteiger partial charge is 0.255 e. The molecule has 0 spiro atoms. The summed E-state index contributed by atoms with van der Waals surface area (Å²) in [5.41, 5.74) is 6.51. The molecule has 2 aromatic rings. The van der Waals surface area contributed by atoms with Gasteiger partial charge < -0.3 is 20.5 Å². The number of nitrogens with zero attached hydrogens (tertiary/aromatic N) is 1. The number of benzene rings is 1. The summed E-state index contributed by atoms with van der Waals surface area (Å²) in [6, 6.07) is 8.24. The Morgan fingerprint density at radius 3 is 2.50 bits per heavy atom. The molecule has 2 rings (SSSR count). The number of anilines is 2. The van der Waals surface area contributed by atoms with Crippen molar-refractivity contribution < 1.29 is 14.3 Å². The lowest BCUT2D eigenvalue weighted by Crippen LogP contribution is -2.12. The van der Waals surface area contributed by atoms with Crippen LogP contribution in [0.5, 0.6) is 11.5 Å². The summed E-state index contributed by atoms with van der Waals surface area (Å²) < 4.78 is 10.3. The standard InChI is InChI=1S/C14H15N3O3/c1-19-11-5-3-9(7-12(11)20-2)14(18)17-10-4-6-13(15)16-8-10/h3-8H,1-2H3,(H2,15,16)(H,17,18). The second kappa shape index (κ2) is 5.92. The topological polar surface area (TPSA) is 86.5 Å². The van der Waals surface area contributed by atoms with E-state index >= 15 is 0 Å². The monoisotopic (exact) mass is 273 g/mol. The molecular weight excluding hydrogens is 258 g/mol. The van der Waals surface area contributed by atoms with E-state index in [2.05, 4.69) is 10.3 Å². The van der Waals surface area contributed by atoms with Gasteiger partial charge in [0.2, 0.25) is 0 Å². The van der Waals surface area contributed by atoms with Gasteiger partial charge in [0.15, 0.2) is 11.5 Å². The number of amides is 1. The van der Waals surface area contributed by atoms with Crippen molar-refractivity contribution >= 4 is 17.4 Å². The van der Waals surface area contributed by atoms with Crippen molar-refractivity contribution in [2.75, 3.05) is 25.3 Å². The molecule has 6 nitrogen and oxygen atoms in total. The Bertz CT molecular complexity index is 612. The van der Waals surface area contributed by atoms with Crippen LogP contribution in [0.4, 0.5) is 11.5 Å². The highest BCUT2D eigenvalue weighted by Gasteiger charge is 2.11. The van der Waals surface area contributed by atoms with Gasteiger partial charge in [-0.1, -0.05) is 0 Å². The predicted molar refractivity (Wildman–Crippen MR) is 76.1 cm³/mol. The van der Waals surface area contributed by atoms with Crippen LogP contribution in [0.3, 0.4) is 0 Å². The third-order valence-electron chi connectivity index (χ3n) is 2.69. The van der Waals surface area contributed by atoms with Crippen LogP contribution >= 0.6 is 0 Å². The van der Waals surface area contributed by atoms with Crippen LogP contribution in [-0.2, 0) is 0 Å². The van der Waals surface area contributed by atoms with Crippen molar-refractivity contribution in [1.29, 1.82) is 0 Å². The third kappa shape index (κ3) is 2.97. The van der Waals surface area contributed by atoms with Gasteiger partial charge >= 0.3 is 0 Å². The molecule has 0 bridgehead atoms. The van der Waals surface area contributed by atoms with E-state index in [0.717, 1.165) is 0 Å². The molecule has 6 heteroatoms. The number of pyridine rings is 1. The van der Waals surface area contributed by atoms with Crippen LogP contribution in [-0.4, -0.2) is 25.1 Å². The molecule has 1 aromatic carbocycles. The number of methoxy groups -OCH3 is 2. The first-order valence-corrected chi connectivity index (χ1v) is 5.89. The second-order valence-corrected chi connectivity index (χ2v) is 4.00. The average Bonchev–Trinajstić information content (AvgIpc) is 2.48. The highest BCUT2D eigenvalue weighted by Crippen LogP contribution is 2.27. The molecule has 0 aliphatic carbocycles. The zero-order valence-electron chi connectivity index (χ0n) is 11.2. The Kier molecular flexibility index (Phi) is 4.05. The van der Waals surface area contributed by atoms with Gasteiger partial charge in [-0.05, 0) is 30.3 Å². The number of aromatic nitrogens is 1. The van der Waals surface area contributed by atoms with Crippen LogP contribution in [0.15, 0.2) is 36.5 Å². The summed E-state index contributed by atoms with van der Waals surface area (Å²) in [5, 5.41) is 2.72. The molecule has 0 aliphatic heterocycles. The predicted octanol–water partition coefficient (Wildman–Crippen LogP) is 1.93. The maximum atomic E-state index is 12.1. The molecule has 1 aromatic heterocycles. The zero-order chi connectivity index (χ0) is 14.5. The summed E-state index contributed by atoms with van der Waals surface area (Å²) in [5.74, 6) is 1.19. The Labute approximate surface area is 116 Å². The Balaban J connectivity index is 2.18. The lowest BCUT2D eigenvalue weighted by molar-refractivity contribution is 0.102. The number of nitrogens with one attached hydrogen (secondary N) is 1. The van der Waals surface area contributed by atoms with Gasteiger partial charge in [0.05, 0.1) is 26.1 Å². The largest absolute Gasteiger partial charge is 0.493 e. The van der Waals surface area contributed by atoms with Crippen molar-refractivity contribution in [2.24, 2.45) is 0 Å². The quantitative estimate of drug-likeness (QED) is 0.889. The molecule has 1 heterocycles. The van der Waals surface area contributed by atoms with Crippen molar-refractivity contribution in [3.8, 4) is 11.5 Å². The minimum atomic E-state index is -0.266. The fraction of sp³-hybridized carbons (Fsp3) is 0.143. The van der Waals surface area contributed by atoms with E-state index in [-0.39, 0.29) is 5.91 Å². The van der Waals surface area contributed by atoms with Crippen molar-refractivity contribution in [2.45, 2.75) is 0 Å². The normalized spacial score (nSPS) is 9.90. The van der Waals surface area contributed by atoms with Crippen LogP contribution in [0.25, 0.3) is 0 Å². The molecule has 0 aliphatic rings. The highest BCUT2D eigenvalue weighted by molar-refractivity contribution is 6.04. The number of hydrogen-bond acceptors (Lipinski definition) is 5. The van der Waals surface area contributed by atoms with E-state index in [1.54, 1.807) is 30.3 Å². The molecule has 0 unspecified atom stereocenters. The van der Waals surface area contributed by atoms with Crippen molar-refractivity contribution in [3.05, 3.63) is 42.1 Å². The van der Waals surface area contributed by atoms with E-state index < -0.39 is 0 Å². The van der Waals surface area contributed by atoms with E-state index in [1.807, 2.05) is 0 Å². The Morgan fingerprint density at radius 1 is 1.15 bits per heavy atom. The van der Waals surface area contributed by atoms with E-state index in [9.17, 15) is 4.79 Å². The minimum Gasteiger partial charge on any atom is -0.493 e. The Hall–Kier alpha value is -2.76. The molecule has 20 heavy (non-hydrogen) atoms. The molecule has 0 fully saturated rings. The number of nitrogen functional groups attached to an aromatic ring is 1. The number of nitrogens with two attached hydrogens (primary N) is 1. The fourth-order valence-corrected chi connectivity index (χ4v) is 1.66. The van der Waals surface area contributed by atoms with Gasteiger partial charge in [-0.15, -0.1) is 0 Å². The third-order valence-corrected chi connectivity index (χ3v) is 2.69. The highest BCUT2D eigenvalue weighted by atomic mass is 16.5. The maximum Gasteiger partial charge on any atom is 0.255 e. The SMILES string of the molecule is COc1ccc(C(=O)Nc2ccc(N)nc2)cc1OC. The van der Waals surface area contributed by atoms with Crippen LogP contribution in [0, 0.1) is 0 Å². The second-order valence-electron chi connectivity index (χ2n) is 4.00. The van der Waals surface area contributed by atoms with Crippen molar-refractivity contribution in [1.82, 2.24) is 4.98 Å². The first-order valence-electron chi connectivity index (χ1n) is 5.89. The summed E-state index contributed by atoms with van der Waals surface area (Å²) in [6.45, 7) is 0.